The van der Waals surface area contributed by atoms with E-state index in [9.17, 15) is 14.7 Å². The lowest BCUT2D eigenvalue weighted by atomic mass is 9.95. The van der Waals surface area contributed by atoms with Gasteiger partial charge >= 0.3 is 0 Å². The third-order valence-electron chi connectivity index (χ3n) is 8.47. The van der Waals surface area contributed by atoms with Gasteiger partial charge in [-0.2, -0.15) is 0 Å². The molecule has 44 heavy (non-hydrogen) atoms. The fraction of sp³-hybridized carbons (Fsp3) is 0.333. The first-order chi connectivity index (χ1) is 21.2. The van der Waals surface area contributed by atoms with Crippen LogP contribution in [0, 0.1) is 0 Å². The molecule has 1 fully saturated rings. The van der Waals surface area contributed by atoms with Gasteiger partial charge in [0.15, 0.2) is 5.82 Å². The smallest absolute Gasteiger partial charge is 0.293 e. The van der Waals surface area contributed by atoms with Gasteiger partial charge in [0, 0.05) is 82.4 Å². The first-order valence-electron chi connectivity index (χ1n) is 14.8. The Balaban J connectivity index is 1.29. The number of benzene rings is 2. The number of aliphatic hydroxyl groups excluding tert-OH is 1. The van der Waals surface area contributed by atoms with E-state index in [1.54, 1.807) is 24.3 Å². The summed E-state index contributed by atoms with van der Waals surface area (Å²) in [6, 6.07) is 15.3. The molecule has 1 saturated heterocycles. The summed E-state index contributed by atoms with van der Waals surface area (Å²) in [4.78, 5) is 44.3. The number of carbonyl (C=O) groups is 1. The Labute approximate surface area is 257 Å². The lowest BCUT2D eigenvalue weighted by Crippen LogP contribution is -2.44. The number of amides is 1. The fourth-order valence-corrected chi connectivity index (χ4v) is 5.85. The number of hydrogen-bond acceptors (Lipinski definition) is 9. The monoisotopic (exact) mass is 594 g/mol. The second kappa shape index (κ2) is 12.1. The maximum Gasteiger partial charge on any atom is 0.293 e. The van der Waals surface area contributed by atoms with Crippen LogP contribution >= 0.6 is 0 Å². The maximum absolute atomic E-state index is 13.7. The molecule has 2 aliphatic heterocycles. The number of nitrogens with zero attached hydrogens (tertiary/aromatic N) is 7. The van der Waals surface area contributed by atoms with Crippen LogP contribution in [0.3, 0.4) is 0 Å². The van der Waals surface area contributed by atoms with Crippen molar-refractivity contribution < 1.29 is 9.90 Å². The topological polar surface area (TPSA) is 110 Å². The van der Waals surface area contributed by atoms with E-state index in [0.717, 1.165) is 43.2 Å². The number of rotatable bonds is 7. The number of likely N-dealkylation sites (N-methyl/N-ethyl adjacent to an activating group) is 1. The average molecular weight is 595 g/mol. The molecular weight excluding hydrogens is 556 g/mol. The van der Waals surface area contributed by atoms with Gasteiger partial charge in [-0.3, -0.25) is 9.59 Å². The molecule has 2 aromatic carbocycles. The van der Waals surface area contributed by atoms with Gasteiger partial charge in [-0.1, -0.05) is 12.1 Å². The summed E-state index contributed by atoms with van der Waals surface area (Å²) in [7, 11) is 7.75. The third-order valence-corrected chi connectivity index (χ3v) is 8.47. The van der Waals surface area contributed by atoms with Crippen LogP contribution in [0.2, 0.25) is 0 Å². The van der Waals surface area contributed by atoms with Gasteiger partial charge in [0.25, 0.3) is 11.5 Å². The lowest BCUT2D eigenvalue weighted by Gasteiger charge is -2.33. The Kier molecular flexibility index (Phi) is 8.07. The van der Waals surface area contributed by atoms with Crippen molar-refractivity contribution in [3.05, 3.63) is 88.0 Å². The highest BCUT2D eigenvalue weighted by molar-refractivity contribution is 6.09. The van der Waals surface area contributed by atoms with Gasteiger partial charge in [-0.15, -0.1) is 0 Å². The van der Waals surface area contributed by atoms with Crippen molar-refractivity contribution >= 4 is 34.6 Å². The Morgan fingerprint density at radius 2 is 1.75 bits per heavy atom. The first kappa shape index (κ1) is 29.3. The minimum absolute atomic E-state index is 0.105. The summed E-state index contributed by atoms with van der Waals surface area (Å²) in [5.41, 5.74) is 5.44. The Morgan fingerprint density at radius 1 is 0.955 bits per heavy atom. The average Bonchev–Trinajstić information content (AvgIpc) is 3.03. The summed E-state index contributed by atoms with van der Waals surface area (Å²) in [5.74, 6) is 0.940. The number of hydrogen-bond donors (Lipinski definition) is 2. The largest absolute Gasteiger partial charge is 0.392 e. The molecule has 2 N–H and O–H groups in total. The number of piperazine rings is 1. The molecule has 0 atom stereocenters. The predicted molar refractivity (Wildman–Crippen MR) is 174 cm³/mol. The summed E-state index contributed by atoms with van der Waals surface area (Å²) >= 11 is 0. The number of anilines is 5. The second-order valence-corrected chi connectivity index (χ2v) is 11.6. The summed E-state index contributed by atoms with van der Waals surface area (Å²) in [6.45, 7) is 4.00. The highest BCUT2D eigenvalue weighted by Crippen LogP contribution is 2.34. The minimum Gasteiger partial charge on any atom is -0.392 e. The van der Waals surface area contributed by atoms with Crippen molar-refractivity contribution in [3.63, 3.8) is 0 Å². The zero-order chi connectivity index (χ0) is 31.0. The number of fused-ring (bicyclic) bond motifs is 1. The predicted octanol–water partition coefficient (Wildman–Crippen LogP) is 3.10. The van der Waals surface area contributed by atoms with Gasteiger partial charge in [0.05, 0.1) is 29.9 Å². The molecule has 0 aliphatic carbocycles. The molecule has 0 bridgehead atoms. The van der Waals surface area contributed by atoms with E-state index in [4.69, 9.17) is 0 Å². The molecule has 4 heterocycles. The van der Waals surface area contributed by atoms with Gasteiger partial charge in [-0.05, 0) is 55.4 Å². The van der Waals surface area contributed by atoms with Crippen molar-refractivity contribution in [2.75, 3.05) is 73.9 Å². The van der Waals surface area contributed by atoms with E-state index < -0.39 is 0 Å². The van der Waals surface area contributed by atoms with Crippen molar-refractivity contribution in [1.82, 2.24) is 19.4 Å². The van der Waals surface area contributed by atoms with E-state index >= 15 is 0 Å². The van der Waals surface area contributed by atoms with Crippen LogP contribution in [0.25, 0.3) is 11.3 Å². The fourth-order valence-electron chi connectivity index (χ4n) is 5.85. The molecular formula is C33H38N8O3. The van der Waals surface area contributed by atoms with Gasteiger partial charge < -0.3 is 34.6 Å². The first-order valence-corrected chi connectivity index (χ1v) is 14.8. The van der Waals surface area contributed by atoms with E-state index in [1.165, 1.54) is 4.57 Å². The molecule has 11 nitrogen and oxygen atoms in total. The van der Waals surface area contributed by atoms with Crippen molar-refractivity contribution in [2.45, 2.75) is 13.0 Å². The number of aromatic nitrogens is 3. The van der Waals surface area contributed by atoms with Crippen molar-refractivity contribution in [2.24, 2.45) is 7.05 Å². The van der Waals surface area contributed by atoms with Crippen LogP contribution in [-0.2, 0) is 20.1 Å². The third kappa shape index (κ3) is 5.63. The van der Waals surface area contributed by atoms with E-state index in [2.05, 4.69) is 38.2 Å². The molecule has 11 heteroatoms. The standard InChI is InChI=1S/C33H38N8O3/c1-37(2)24-9-10-25-22(18-24)12-13-41(32(25)43)29-7-5-6-26(27(29)21-42)28-20-39(4)33(44)31(36-28)35-23-8-11-30(34-19-23)40-16-14-38(3)15-17-40/h5-11,18-20,42H,12-17,21H2,1-4H3,(H,35,36). The Hall–Kier alpha value is -4.74. The van der Waals surface area contributed by atoms with Crippen LogP contribution in [0.4, 0.5) is 28.7 Å². The van der Waals surface area contributed by atoms with Crippen LogP contribution in [0.15, 0.2) is 65.7 Å². The molecule has 4 aromatic rings. The number of aryl methyl sites for hydroxylation is 1. The normalized spacial score (nSPS) is 15.3. The molecule has 0 saturated carbocycles. The number of aliphatic hydroxyl groups is 1. The van der Waals surface area contributed by atoms with Crippen LogP contribution < -0.4 is 25.6 Å². The van der Waals surface area contributed by atoms with Crippen LogP contribution in [-0.4, -0.2) is 84.3 Å². The van der Waals surface area contributed by atoms with Crippen LogP contribution in [0.1, 0.15) is 21.5 Å². The molecule has 2 aliphatic rings. The van der Waals surface area contributed by atoms with E-state index in [0.29, 0.717) is 46.7 Å². The van der Waals surface area contributed by atoms with E-state index in [-0.39, 0.29) is 23.9 Å². The van der Waals surface area contributed by atoms with Gasteiger partial charge in [0.2, 0.25) is 0 Å². The Bertz CT molecular complexity index is 1740. The summed E-state index contributed by atoms with van der Waals surface area (Å²) < 4.78 is 1.47. The summed E-state index contributed by atoms with van der Waals surface area (Å²) in [6.07, 6.45) is 4.06. The summed E-state index contributed by atoms with van der Waals surface area (Å²) in [5, 5.41) is 13.7. The second-order valence-electron chi connectivity index (χ2n) is 11.6. The lowest BCUT2D eigenvalue weighted by molar-refractivity contribution is 0.0980. The Morgan fingerprint density at radius 3 is 2.45 bits per heavy atom. The molecule has 1 amide bonds. The molecule has 228 valence electrons. The number of carbonyl (C=O) groups excluding carboxylic acids is 1. The molecule has 6 rings (SSSR count). The molecule has 0 unspecified atom stereocenters. The minimum atomic E-state index is -0.299. The number of nitrogens with one attached hydrogen (secondary N) is 1. The molecule has 0 radical (unpaired) electrons. The SMILES string of the molecule is CN1CCN(c2ccc(Nc3nc(-c4cccc(N5CCc6cc(N(C)C)ccc6C5=O)c4CO)cn(C)c3=O)cn2)CC1. The van der Waals surface area contributed by atoms with E-state index in [1.807, 2.05) is 61.5 Å². The molecule has 2 aromatic heterocycles. The quantitative estimate of drug-likeness (QED) is 0.334. The highest BCUT2D eigenvalue weighted by Gasteiger charge is 2.28. The highest BCUT2D eigenvalue weighted by atomic mass is 16.3. The zero-order valence-corrected chi connectivity index (χ0v) is 25.6. The molecule has 0 spiro atoms. The van der Waals surface area contributed by atoms with Crippen molar-refractivity contribution in [1.29, 1.82) is 0 Å². The van der Waals surface area contributed by atoms with Gasteiger partial charge in [-0.25, -0.2) is 9.97 Å². The van der Waals surface area contributed by atoms with Crippen molar-refractivity contribution in [3.8, 4) is 11.3 Å². The number of pyridine rings is 1. The van der Waals surface area contributed by atoms with Gasteiger partial charge in [0.1, 0.15) is 5.82 Å². The zero-order valence-electron chi connectivity index (χ0n) is 25.6. The maximum atomic E-state index is 13.7. The van der Waals surface area contributed by atoms with Crippen LogP contribution in [0.5, 0.6) is 0 Å².